The van der Waals surface area contributed by atoms with Crippen molar-refractivity contribution in [3.05, 3.63) is 24.3 Å². The molecule has 1 aromatic rings. The summed E-state index contributed by atoms with van der Waals surface area (Å²) in [5.74, 6) is 0. The number of anilines is 1. The minimum atomic E-state index is -3.46. The molecule has 6 heteroatoms. The summed E-state index contributed by atoms with van der Waals surface area (Å²) in [7, 11) is -0.411. The van der Waals surface area contributed by atoms with Crippen LogP contribution in [0.5, 0.6) is 0 Å². The lowest BCUT2D eigenvalue weighted by Crippen LogP contribution is -2.27. The van der Waals surface area contributed by atoms with E-state index >= 15 is 0 Å². The minimum absolute atomic E-state index is 0.100. The van der Waals surface area contributed by atoms with Gasteiger partial charge in [-0.15, -0.1) is 0 Å². The summed E-state index contributed by atoms with van der Waals surface area (Å²) in [6.07, 6.45) is 1.92. The van der Waals surface area contributed by atoms with E-state index in [1.807, 2.05) is 6.07 Å². The van der Waals surface area contributed by atoms with Crippen LogP contribution in [0, 0.1) is 0 Å². The highest BCUT2D eigenvalue weighted by molar-refractivity contribution is 7.89. The van der Waals surface area contributed by atoms with Crippen LogP contribution in [0.15, 0.2) is 29.2 Å². The van der Waals surface area contributed by atoms with Crippen molar-refractivity contribution in [2.45, 2.75) is 30.7 Å². The molecule has 0 aliphatic rings. The zero-order valence-electron chi connectivity index (χ0n) is 11.6. The molecular formula is C13H22N2O3S. The van der Waals surface area contributed by atoms with Crippen molar-refractivity contribution in [3.8, 4) is 0 Å². The Morgan fingerprint density at radius 2 is 2.00 bits per heavy atom. The van der Waals surface area contributed by atoms with E-state index in [1.165, 1.54) is 7.05 Å². The van der Waals surface area contributed by atoms with Gasteiger partial charge in [0.1, 0.15) is 4.90 Å². The van der Waals surface area contributed by atoms with Gasteiger partial charge in [-0.25, -0.2) is 13.1 Å². The molecule has 5 nitrogen and oxygen atoms in total. The van der Waals surface area contributed by atoms with Crippen LogP contribution in [0.2, 0.25) is 0 Å². The van der Waals surface area contributed by atoms with Crippen LogP contribution >= 0.6 is 0 Å². The van der Waals surface area contributed by atoms with Gasteiger partial charge in [-0.2, -0.15) is 0 Å². The van der Waals surface area contributed by atoms with Gasteiger partial charge in [0.2, 0.25) is 10.0 Å². The van der Waals surface area contributed by atoms with E-state index in [2.05, 4.69) is 17.0 Å². The van der Waals surface area contributed by atoms with E-state index in [9.17, 15) is 8.42 Å². The van der Waals surface area contributed by atoms with Crippen LogP contribution in [0.25, 0.3) is 0 Å². The maximum Gasteiger partial charge on any atom is 0.242 e. The highest BCUT2D eigenvalue weighted by atomic mass is 32.2. The average molecular weight is 286 g/mol. The SMILES string of the molecule is CCCC(COC)Nc1ccccc1S(=O)(=O)NC. The monoisotopic (exact) mass is 286 g/mol. The van der Waals surface area contributed by atoms with Gasteiger partial charge in [0.05, 0.1) is 12.3 Å². The molecule has 0 heterocycles. The summed E-state index contributed by atoms with van der Waals surface area (Å²) >= 11 is 0. The van der Waals surface area contributed by atoms with Gasteiger partial charge < -0.3 is 10.1 Å². The second kappa shape index (κ2) is 7.47. The molecule has 0 spiro atoms. The van der Waals surface area contributed by atoms with Crippen LogP contribution in [0.4, 0.5) is 5.69 Å². The molecule has 1 atom stereocenters. The predicted molar refractivity (Wildman–Crippen MR) is 76.9 cm³/mol. The second-order valence-corrected chi connectivity index (χ2v) is 6.14. The maximum absolute atomic E-state index is 11.9. The lowest BCUT2D eigenvalue weighted by atomic mass is 10.1. The zero-order chi connectivity index (χ0) is 14.3. The van der Waals surface area contributed by atoms with Gasteiger partial charge in [-0.3, -0.25) is 0 Å². The zero-order valence-corrected chi connectivity index (χ0v) is 12.5. The predicted octanol–water partition coefficient (Wildman–Crippen LogP) is 1.82. The van der Waals surface area contributed by atoms with Gasteiger partial charge in [0.15, 0.2) is 0 Å². The van der Waals surface area contributed by atoms with Crippen molar-refractivity contribution >= 4 is 15.7 Å². The Morgan fingerprint density at radius 1 is 1.32 bits per heavy atom. The van der Waals surface area contributed by atoms with E-state index in [0.29, 0.717) is 12.3 Å². The first-order valence-electron chi connectivity index (χ1n) is 6.33. The largest absolute Gasteiger partial charge is 0.383 e. The molecule has 0 saturated carbocycles. The van der Waals surface area contributed by atoms with E-state index in [1.54, 1.807) is 25.3 Å². The van der Waals surface area contributed by atoms with Crippen LogP contribution in [-0.2, 0) is 14.8 Å². The van der Waals surface area contributed by atoms with Gasteiger partial charge in [0, 0.05) is 13.2 Å². The Hall–Kier alpha value is -1.11. The molecule has 108 valence electrons. The van der Waals surface area contributed by atoms with Crippen molar-refractivity contribution in [3.63, 3.8) is 0 Å². The summed E-state index contributed by atoms with van der Waals surface area (Å²) in [6.45, 7) is 2.63. The number of hydrogen-bond donors (Lipinski definition) is 2. The van der Waals surface area contributed by atoms with Crippen LogP contribution in [-0.4, -0.2) is 35.2 Å². The molecule has 0 amide bonds. The number of hydrogen-bond acceptors (Lipinski definition) is 4. The lowest BCUT2D eigenvalue weighted by molar-refractivity contribution is 0.182. The highest BCUT2D eigenvalue weighted by Crippen LogP contribution is 2.22. The molecule has 0 saturated heterocycles. The van der Waals surface area contributed by atoms with Gasteiger partial charge in [0.25, 0.3) is 0 Å². The summed E-state index contributed by atoms with van der Waals surface area (Å²) in [4.78, 5) is 0.259. The molecule has 19 heavy (non-hydrogen) atoms. The quantitative estimate of drug-likeness (QED) is 0.765. The Morgan fingerprint density at radius 3 is 2.58 bits per heavy atom. The van der Waals surface area contributed by atoms with E-state index in [4.69, 9.17) is 4.74 Å². The van der Waals surface area contributed by atoms with Crippen LogP contribution in [0.3, 0.4) is 0 Å². The van der Waals surface area contributed by atoms with Crippen LogP contribution < -0.4 is 10.0 Å². The van der Waals surface area contributed by atoms with Crippen molar-refractivity contribution in [1.82, 2.24) is 4.72 Å². The molecule has 1 aromatic carbocycles. The van der Waals surface area contributed by atoms with Gasteiger partial charge >= 0.3 is 0 Å². The smallest absolute Gasteiger partial charge is 0.242 e. The number of rotatable bonds is 8. The Kier molecular flexibility index (Phi) is 6.27. The first-order chi connectivity index (χ1) is 9.05. The van der Waals surface area contributed by atoms with Crippen LogP contribution in [0.1, 0.15) is 19.8 Å². The normalized spacial score (nSPS) is 13.2. The number of methoxy groups -OCH3 is 1. The molecule has 0 aliphatic heterocycles. The van der Waals surface area contributed by atoms with Gasteiger partial charge in [-0.05, 0) is 25.6 Å². The maximum atomic E-state index is 11.9. The molecule has 1 rings (SSSR count). The number of para-hydroxylation sites is 1. The first kappa shape index (κ1) is 15.9. The number of benzene rings is 1. The van der Waals surface area contributed by atoms with Crippen molar-refractivity contribution < 1.29 is 13.2 Å². The molecule has 0 aromatic heterocycles. The second-order valence-electron chi connectivity index (χ2n) is 4.29. The Bertz CT molecular complexity index is 482. The summed E-state index contributed by atoms with van der Waals surface area (Å²) in [5.41, 5.74) is 0.604. The molecule has 0 radical (unpaired) electrons. The van der Waals surface area contributed by atoms with Crippen molar-refractivity contribution in [2.24, 2.45) is 0 Å². The van der Waals surface area contributed by atoms with Crippen molar-refractivity contribution in [2.75, 3.05) is 26.1 Å². The molecule has 0 fully saturated rings. The fourth-order valence-electron chi connectivity index (χ4n) is 1.90. The Labute approximate surface area is 115 Å². The number of nitrogens with one attached hydrogen (secondary N) is 2. The van der Waals surface area contributed by atoms with E-state index < -0.39 is 10.0 Å². The fraction of sp³-hybridized carbons (Fsp3) is 0.538. The lowest BCUT2D eigenvalue weighted by Gasteiger charge is -2.20. The Balaban J connectivity index is 3.00. The highest BCUT2D eigenvalue weighted by Gasteiger charge is 2.18. The van der Waals surface area contributed by atoms with Crippen molar-refractivity contribution in [1.29, 1.82) is 0 Å². The number of ether oxygens (including phenoxy) is 1. The molecule has 0 bridgehead atoms. The molecule has 1 unspecified atom stereocenters. The third-order valence-electron chi connectivity index (χ3n) is 2.81. The molecule has 2 N–H and O–H groups in total. The summed E-state index contributed by atoms with van der Waals surface area (Å²) in [5, 5.41) is 3.25. The number of sulfonamides is 1. The summed E-state index contributed by atoms with van der Waals surface area (Å²) in [6, 6.07) is 6.98. The third-order valence-corrected chi connectivity index (χ3v) is 4.28. The average Bonchev–Trinajstić information content (AvgIpc) is 2.40. The van der Waals surface area contributed by atoms with E-state index in [-0.39, 0.29) is 10.9 Å². The van der Waals surface area contributed by atoms with E-state index in [0.717, 1.165) is 12.8 Å². The molecular weight excluding hydrogens is 264 g/mol. The molecule has 0 aliphatic carbocycles. The van der Waals surface area contributed by atoms with Gasteiger partial charge in [-0.1, -0.05) is 25.5 Å². The summed E-state index contributed by atoms with van der Waals surface area (Å²) < 4.78 is 31.4. The first-order valence-corrected chi connectivity index (χ1v) is 7.81. The topological polar surface area (TPSA) is 67.4 Å². The standard InChI is InChI=1S/C13H22N2O3S/c1-4-7-11(10-18-3)15-12-8-5-6-9-13(12)19(16,17)14-2/h5-6,8-9,11,14-15H,4,7,10H2,1-3H3. The fourth-order valence-corrected chi connectivity index (χ4v) is 2.79. The third kappa shape index (κ3) is 4.49. The minimum Gasteiger partial charge on any atom is -0.383 e.